The lowest BCUT2D eigenvalue weighted by Crippen LogP contribution is -2.31. The predicted octanol–water partition coefficient (Wildman–Crippen LogP) is 4.03. The van der Waals surface area contributed by atoms with Gasteiger partial charge in [-0.2, -0.15) is 0 Å². The number of aryl methyl sites for hydroxylation is 5. The second kappa shape index (κ2) is 7.54. The first-order valence-corrected chi connectivity index (χ1v) is 11.1. The molecule has 3 aromatic rings. The highest BCUT2D eigenvalue weighted by atomic mass is 32.1. The minimum Gasteiger partial charge on any atom is -0.507 e. The lowest BCUT2D eigenvalue weighted by Gasteiger charge is -2.25. The molecule has 1 atom stereocenters. The van der Waals surface area contributed by atoms with Gasteiger partial charge < -0.3 is 10.2 Å². The van der Waals surface area contributed by atoms with E-state index in [4.69, 9.17) is 0 Å². The maximum Gasteiger partial charge on any atom is 0.296 e. The fourth-order valence-electron chi connectivity index (χ4n) is 3.74. The average molecular weight is 457 g/mol. The monoisotopic (exact) mass is 456 g/mol. The van der Waals surface area contributed by atoms with Gasteiger partial charge in [-0.05, 0) is 63.4 Å². The number of aliphatic hydroxyl groups excluding tert-OH is 1. The van der Waals surface area contributed by atoms with E-state index in [1.807, 2.05) is 0 Å². The third-order valence-electron chi connectivity index (χ3n) is 5.11. The van der Waals surface area contributed by atoms with E-state index in [0.717, 1.165) is 5.01 Å². The maximum absolute atomic E-state index is 13.5. The molecular formula is C21H20N4O4S2. The van der Waals surface area contributed by atoms with Gasteiger partial charge in [0.05, 0.1) is 27.2 Å². The highest BCUT2D eigenvalue weighted by Crippen LogP contribution is 2.44. The number of phenols is 1. The van der Waals surface area contributed by atoms with Crippen molar-refractivity contribution in [3.05, 3.63) is 60.7 Å². The molecular weight excluding hydrogens is 436 g/mol. The van der Waals surface area contributed by atoms with Crippen LogP contribution in [0.25, 0.3) is 0 Å². The Morgan fingerprint density at radius 1 is 1.00 bits per heavy atom. The van der Waals surface area contributed by atoms with Gasteiger partial charge in [0, 0.05) is 0 Å². The molecule has 10 heteroatoms. The first-order valence-electron chi connectivity index (χ1n) is 9.45. The van der Waals surface area contributed by atoms with Crippen LogP contribution in [0.5, 0.6) is 5.75 Å². The number of amides is 1. The number of nitrogens with zero attached hydrogens (tertiary/aromatic N) is 4. The summed E-state index contributed by atoms with van der Waals surface area (Å²) < 4.78 is 0. The van der Waals surface area contributed by atoms with E-state index in [2.05, 4.69) is 15.2 Å². The van der Waals surface area contributed by atoms with E-state index in [9.17, 15) is 19.8 Å². The number of carbonyl (C=O) groups is 2. The Balaban J connectivity index is 1.94. The number of hydrogen-bond acceptors (Lipinski definition) is 9. The highest BCUT2D eigenvalue weighted by Gasteiger charge is 2.46. The topological polar surface area (TPSA) is 117 Å². The van der Waals surface area contributed by atoms with Crippen LogP contribution in [0.3, 0.4) is 0 Å². The SMILES string of the molecule is Cc1nnc(N2C(=O)C(O)=C(C(=O)c3sc(C)nc3C)C2c2cc(C)c(O)c(C)c2)s1. The van der Waals surface area contributed by atoms with E-state index in [-0.39, 0.29) is 16.5 Å². The van der Waals surface area contributed by atoms with E-state index in [1.165, 1.54) is 27.6 Å². The minimum atomic E-state index is -0.910. The van der Waals surface area contributed by atoms with Crippen molar-refractivity contribution in [2.24, 2.45) is 0 Å². The van der Waals surface area contributed by atoms with Gasteiger partial charge in [-0.25, -0.2) is 4.98 Å². The lowest BCUT2D eigenvalue weighted by molar-refractivity contribution is -0.117. The van der Waals surface area contributed by atoms with Crippen LogP contribution in [-0.4, -0.2) is 37.1 Å². The average Bonchev–Trinajstić information content (AvgIpc) is 3.35. The van der Waals surface area contributed by atoms with Gasteiger partial charge in [-0.3, -0.25) is 14.5 Å². The number of carbonyl (C=O) groups excluding carboxylic acids is 2. The number of ketones is 1. The fraction of sp³-hybridized carbons (Fsp3) is 0.286. The minimum absolute atomic E-state index is 0.0332. The van der Waals surface area contributed by atoms with Crippen LogP contribution < -0.4 is 4.90 Å². The second-order valence-corrected chi connectivity index (χ2v) is 9.79. The molecule has 1 unspecified atom stereocenters. The summed E-state index contributed by atoms with van der Waals surface area (Å²) >= 11 is 2.41. The molecule has 2 aromatic heterocycles. The number of thiazole rings is 1. The molecule has 3 heterocycles. The van der Waals surface area contributed by atoms with Crippen LogP contribution in [0.4, 0.5) is 5.13 Å². The predicted molar refractivity (Wildman–Crippen MR) is 118 cm³/mol. The van der Waals surface area contributed by atoms with E-state index < -0.39 is 23.5 Å². The maximum atomic E-state index is 13.5. The Bertz CT molecular complexity index is 1250. The van der Waals surface area contributed by atoms with Gasteiger partial charge in [0.25, 0.3) is 5.91 Å². The molecule has 0 bridgehead atoms. The zero-order chi connectivity index (χ0) is 22.6. The number of phenolic OH excluding ortho intramolecular Hbond substituents is 1. The van der Waals surface area contributed by atoms with Crippen LogP contribution in [0.1, 0.15) is 48.1 Å². The van der Waals surface area contributed by atoms with Crippen molar-refractivity contribution in [2.75, 3.05) is 4.90 Å². The fourth-order valence-corrected chi connectivity index (χ4v) is 5.33. The molecule has 1 amide bonds. The molecule has 0 radical (unpaired) electrons. The van der Waals surface area contributed by atoms with Crippen molar-refractivity contribution in [1.82, 2.24) is 15.2 Å². The highest BCUT2D eigenvalue weighted by molar-refractivity contribution is 7.15. The summed E-state index contributed by atoms with van der Waals surface area (Å²) in [4.78, 5) is 32.6. The Kier molecular flexibility index (Phi) is 5.14. The summed E-state index contributed by atoms with van der Waals surface area (Å²) in [5, 5.41) is 30.7. The molecule has 2 N–H and O–H groups in total. The number of Topliss-reactive ketones (excluding diaryl/α,β-unsaturated/α-hetero) is 1. The van der Waals surface area contributed by atoms with Crippen LogP contribution >= 0.6 is 22.7 Å². The van der Waals surface area contributed by atoms with Crippen LogP contribution in [0.15, 0.2) is 23.5 Å². The van der Waals surface area contributed by atoms with E-state index in [0.29, 0.717) is 32.3 Å². The summed E-state index contributed by atoms with van der Waals surface area (Å²) in [6.45, 7) is 8.76. The van der Waals surface area contributed by atoms with Crippen molar-refractivity contribution in [3.8, 4) is 5.75 Å². The summed E-state index contributed by atoms with van der Waals surface area (Å²) in [6.07, 6.45) is 0. The van der Waals surface area contributed by atoms with Crippen LogP contribution in [0, 0.1) is 34.6 Å². The first-order chi connectivity index (χ1) is 14.6. The molecule has 1 aliphatic rings. The summed E-state index contributed by atoms with van der Waals surface area (Å²) in [7, 11) is 0. The summed E-state index contributed by atoms with van der Waals surface area (Å²) in [5.74, 6) is -1.64. The van der Waals surface area contributed by atoms with Gasteiger partial charge in [0.15, 0.2) is 5.76 Å². The third-order valence-corrected chi connectivity index (χ3v) is 7.02. The smallest absolute Gasteiger partial charge is 0.296 e. The normalized spacial score (nSPS) is 16.5. The molecule has 0 saturated carbocycles. The largest absolute Gasteiger partial charge is 0.507 e. The van der Waals surface area contributed by atoms with E-state index in [1.54, 1.807) is 46.8 Å². The number of aliphatic hydroxyl groups is 1. The number of aromatic hydroxyl groups is 1. The molecule has 0 aliphatic carbocycles. The summed E-state index contributed by atoms with van der Waals surface area (Å²) in [6, 6.07) is 2.50. The van der Waals surface area contributed by atoms with Crippen LogP contribution in [-0.2, 0) is 4.79 Å². The Labute approximate surface area is 186 Å². The van der Waals surface area contributed by atoms with Crippen molar-refractivity contribution in [3.63, 3.8) is 0 Å². The zero-order valence-corrected chi connectivity index (χ0v) is 19.2. The van der Waals surface area contributed by atoms with Crippen LogP contribution in [0.2, 0.25) is 0 Å². The van der Waals surface area contributed by atoms with Crippen molar-refractivity contribution >= 4 is 39.5 Å². The standard InChI is InChI=1S/C21H20N4O4S2/c1-8-6-13(7-9(2)16(8)26)15-14(17(27)19-10(3)22-11(4)30-19)18(28)20(29)25(15)21-24-23-12(5)31-21/h6-7,15,26,28H,1-5H3. The number of anilines is 1. The van der Waals surface area contributed by atoms with Gasteiger partial charge in [-0.15, -0.1) is 21.5 Å². The molecule has 8 nitrogen and oxygen atoms in total. The summed E-state index contributed by atoms with van der Waals surface area (Å²) in [5.41, 5.74) is 2.29. The number of benzene rings is 1. The molecule has 1 aromatic carbocycles. The van der Waals surface area contributed by atoms with Gasteiger partial charge in [0.2, 0.25) is 10.9 Å². The first kappa shape index (κ1) is 21.1. The molecule has 4 rings (SSSR count). The van der Waals surface area contributed by atoms with Crippen molar-refractivity contribution < 1.29 is 19.8 Å². The molecule has 160 valence electrons. The Morgan fingerprint density at radius 2 is 1.65 bits per heavy atom. The second-order valence-electron chi connectivity index (χ2n) is 7.42. The number of aromatic nitrogens is 3. The van der Waals surface area contributed by atoms with Gasteiger partial charge >= 0.3 is 0 Å². The number of hydrogen-bond donors (Lipinski definition) is 2. The van der Waals surface area contributed by atoms with Gasteiger partial charge in [0.1, 0.15) is 10.8 Å². The quantitative estimate of drug-likeness (QED) is 0.569. The zero-order valence-electron chi connectivity index (χ0n) is 17.5. The molecule has 0 saturated heterocycles. The van der Waals surface area contributed by atoms with Crippen molar-refractivity contribution in [2.45, 2.75) is 40.7 Å². The van der Waals surface area contributed by atoms with Crippen molar-refractivity contribution in [1.29, 1.82) is 0 Å². The third kappa shape index (κ3) is 3.41. The van der Waals surface area contributed by atoms with Gasteiger partial charge in [-0.1, -0.05) is 11.3 Å². The molecule has 1 aliphatic heterocycles. The Hall–Kier alpha value is -3.11. The molecule has 0 spiro atoms. The molecule has 31 heavy (non-hydrogen) atoms. The Morgan fingerprint density at radius 3 is 2.16 bits per heavy atom. The lowest BCUT2D eigenvalue weighted by atomic mass is 9.92. The number of rotatable bonds is 4. The molecule has 0 fully saturated rings. The van der Waals surface area contributed by atoms with E-state index >= 15 is 0 Å².